The molecule has 3 rings (SSSR count). The maximum absolute atomic E-state index is 13.5. The Labute approximate surface area is 620 Å². The van der Waals surface area contributed by atoms with Crippen molar-refractivity contribution in [1.29, 1.82) is 0 Å². The van der Waals surface area contributed by atoms with Gasteiger partial charge < -0.3 is 89.9 Å². The van der Waals surface area contributed by atoms with Crippen molar-refractivity contribution in [2.24, 2.45) is 0 Å². The van der Waals surface area contributed by atoms with E-state index in [4.69, 9.17) is 28.4 Å². The van der Waals surface area contributed by atoms with Crippen LogP contribution in [0.25, 0.3) is 0 Å². The van der Waals surface area contributed by atoms with Gasteiger partial charge in [0, 0.05) is 6.42 Å². The lowest BCUT2D eigenvalue weighted by molar-refractivity contribution is -0.379. The zero-order valence-electron chi connectivity index (χ0n) is 64.9. The highest BCUT2D eigenvalue weighted by Gasteiger charge is 2.54. The van der Waals surface area contributed by atoms with Gasteiger partial charge in [-0.05, 0) is 38.5 Å². The summed E-state index contributed by atoms with van der Waals surface area (Å²) in [6.07, 6.45) is 50.2. The fourth-order valence-electron chi connectivity index (χ4n) is 15.0. The number of amides is 1. The Bertz CT molecular complexity index is 1890. The van der Waals surface area contributed by atoms with Crippen molar-refractivity contribution < 1.29 is 89.4 Å². The fourth-order valence-corrected chi connectivity index (χ4v) is 15.0. The molecule has 0 aromatic carbocycles. The molecule has 12 N–H and O–H groups in total. The van der Waals surface area contributed by atoms with Crippen LogP contribution in [0.4, 0.5) is 0 Å². The molecular weight excluding hydrogens is 1300 g/mol. The lowest BCUT2D eigenvalue weighted by Gasteiger charge is -2.48. The third kappa shape index (κ3) is 43.7. The Balaban J connectivity index is 1.34. The summed E-state index contributed by atoms with van der Waals surface area (Å²) in [7, 11) is 0. The molecule has 3 heterocycles. The minimum Gasteiger partial charge on any atom is -0.394 e. The summed E-state index contributed by atoms with van der Waals surface area (Å²) in [6.45, 7) is 1.87. The average molecular weight is 1460 g/mol. The molecule has 3 aliphatic rings. The summed E-state index contributed by atoms with van der Waals surface area (Å²) >= 11 is 0. The molecule has 3 saturated heterocycles. The molecule has 0 aromatic rings. The molecule has 19 heteroatoms. The van der Waals surface area contributed by atoms with Crippen LogP contribution >= 0.6 is 0 Å². The number of carbonyl (C=O) groups excluding carboxylic acids is 1. The van der Waals surface area contributed by atoms with Gasteiger partial charge >= 0.3 is 0 Å². The number of ether oxygens (including phenoxy) is 6. The van der Waals surface area contributed by atoms with Gasteiger partial charge in [0.25, 0.3) is 0 Å². The quantitative estimate of drug-likeness (QED) is 0.0199. The van der Waals surface area contributed by atoms with E-state index >= 15 is 0 Å². The predicted molar refractivity (Wildman–Crippen MR) is 407 cm³/mol. The van der Waals surface area contributed by atoms with Crippen LogP contribution in [0.3, 0.4) is 0 Å². The molecule has 0 aromatic heterocycles. The summed E-state index contributed by atoms with van der Waals surface area (Å²) in [4.78, 5) is 13.5. The second-order valence-corrected chi connectivity index (χ2v) is 31.0. The van der Waals surface area contributed by atoms with E-state index in [-0.39, 0.29) is 18.9 Å². The van der Waals surface area contributed by atoms with Crippen molar-refractivity contribution in [3.8, 4) is 0 Å². The lowest BCUT2D eigenvalue weighted by atomic mass is 9.96. The van der Waals surface area contributed by atoms with E-state index in [1.807, 2.05) is 0 Å². The van der Waals surface area contributed by atoms with Crippen molar-refractivity contribution in [2.45, 2.75) is 484 Å². The number of allylic oxidation sites excluding steroid dienone is 2. The van der Waals surface area contributed by atoms with Crippen LogP contribution in [0, 0.1) is 0 Å². The fraction of sp³-hybridized carbons (Fsp3) is 0.964. The van der Waals surface area contributed by atoms with Gasteiger partial charge in [0.1, 0.15) is 73.2 Å². The predicted octanol–water partition coefficient (Wildman–Crippen LogP) is 15.1. The standard InChI is InChI=1S/C83H159NO18/c1-3-5-7-9-11-13-15-17-19-21-23-25-27-29-31-33-35-37-39-41-43-45-47-49-51-53-55-57-59-61-71(89)84-66(67(88)60-58-56-54-52-50-48-46-44-42-40-38-36-34-32-30-28-26-24-22-20-18-16-14-12-10-8-6-4-2)65-97-81-77(95)74(92)79(69(63-86)99-81)102-83-78(96)75(93)80(70(64-87)100-83)101-82-76(94)73(91)72(90)68(62-85)98-82/h21,23,66-70,72-83,85-88,90-96H,3-20,22,24-65H2,1-2H3,(H,84,89)/b23-21-. The topological polar surface area (TPSA) is 307 Å². The second kappa shape index (κ2) is 64.4. The number of rotatable bonds is 70. The van der Waals surface area contributed by atoms with E-state index < -0.39 is 124 Å². The third-order valence-corrected chi connectivity index (χ3v) is 21.8. The van der Waals surface area contributed by atoms with Crippen LogP contribution in [0.5, 0.6) is 0 Å². The van der Waals surface area contributed by atoms with Crippen molar-refractivity contribution >= 4 is 5.91 Å². The van der Waals surface area contributed by atoms with Crippen molar-refractivity contribution in [1.82, 2.24) is 5.32 Å². The van der Waals surface area contributed by atoms with Crippen molar-refractivity contribution in [3.05, 3.63) is 12.2 Å². The first-order chi connectivity index (χ1) is 49.8. The van der Waals surface area contributed by atoms with Crippen molar-refractivity contribution in [2.75, 3.05) is 26.4 Å². The van der Waals surface area contributed by atoms with Gasteiger partial charge in [-0.25, -0.2) is 0 Å². The van der Waals surface area contributed by atoms with Crippen LogP contribution in [0.1, 0.15) is 380 Å². The molecule has 17 unspecified atom stereocenters. The molecule has 3 aliphatic heterocycles. The highest BCUT2D eigenvalue weighted by atomic mass is 16.8. The smallest absolute Gasteiger partial charge is 0.220 e. The number of carbonyl (C=O) groups is 1. The zero-order chi connectivity index (χ0) is 73.9. The van der Waals surface area contributed by atoms with E-state index in [1.165, 1.54) is 302 Å². The minimum absolute atomic E-state index is 0.233. The maximum Gasteiger partial charge on any atom is 0.220 e. The van der Waals surface area contributed by atoms with E-state index in [2.05, 4.69) is 31.3 Å². The Morgan fingerprint density at radius 1 is 0.343 bits per heavy atom. The van der Waals surface area contributed by atoms with Crippen LogP contribution < -0.4 is 5.32 Å². The highest BCUT2D eigenvalue weighted by molar-refractivity contribution is 5.76. The molecule has 604 valence electrons. The molecule has 3 fully saturated rings. The average Bonchev–Trinajstić information content (AvgIpc) is 0.766. The molecule has 1 amide bonds. The molecule has 0 radical (unpaired) electrons. The Kier molecular flexibility index (Phi) is 59.8. The summed E-state index contributed by atoms with van der Waals surface area (Å²) in [5, 5.41) is 121. The first-order valence-corrected chi connectivity index (χ1v) is 42.9. The number of nitrogens with one attached hydrogen (secondary N) is 1. The normalized spacial score (nSPS) is 26.1. The summed E-state index contributed by atoms with van der Waals surface area (Å²) in [5.74, 6) is -0.233. The molecule has 102 heavy (non-hydrogen) atoms. The Hall–Kier alpha value is -1.47. The van der Waals surface area contributed by atoms with Gasteiger partial charge in [-0.1, -0.05) is 347 Å². The summed E-state index contributed by atoms with van der Waals surface area (Å²) in [6, 6.07) is -0.886. The molecule has 0 bridgehead atoms. The number of aliphatic hydroxyl groups excluding tert-OH is 11. The van der Waals surface area contributed by atoms with Crippen LogP contribution in [-0.2, 0) is 33.2 Å². The first kappa shape index (κ1) is 94.7. The van der Waals surface area contributed by atoms with Crippen LogP contribution in [0.15, 0.2) is 12.2 Å². The monoisotopic (exact) mass is 1460 g/mol. The van der Waals surface area contributed by atoms with E-state index in [1.54, 1.807) is 0 Å². The highest BCUT2D eigenvalue weighted by Crippen LogP contribution is 2.34. The number of hydrogen-bond acceptors (Lipinski definition) is 18. The van der Waals surface area contributed by atoms with Gasteiger partial charge in [-0.2, -0.15) is 0 Å². The Morgan fingerprint density at radius 2 is 0.618 bits per heavy atom. The Morgan fingerprint density at radius 3 is 0.951 bits per heavy atom. The van der Waals surface area contributed by atoms with Gasteiger partial charge in [0.15, 0.2) is 18.9 Å². The van der Waals surface area contributed by atoms with Crippen LogP contribution in [-0.4, -0.2) is 193 Å². The third-order valence-electron chi connectivity index (χ3n) is 21.8. The largest absolute Gasteiger partial charge is 0.394 e. The van der Waals surface area contributed by atoms with Crippen LogP contribution in [0.2, 0.25) is 0 Å². The van der Waals surface area contributed by atoms with E-state index in [0.717, 1.165) is 44.9 Å². The van der Waals surface area contributed by atoms with Crippen molar-refractivity contribution in [3.63, 3.8) is 0 Å². The molecule has 0 spiro atoms. The maximum atomic E-state index is 13.5. The lowest BCUT2D eigenvalue weighted by Crippen LogP contribution is -2.66. The van der Waals surface area contributed by atoms with Gasteiger partial charge in [0.2, 0.25) is 5.91 Å². The number of unbranched alkanes of at least 4 members (excludes halogenated alkanes) is 52. The summed E-state index contributed by atoms with van der Waals surface area (Å²) in [5.41, 5.74) is 0. The SMILES string of the molecule is CCCCCCCCCC/C=C\CCCCCCCCCCCCCCCCCCCC(=O)NC(COC1OC(CO)C(OC2OC(CO)C(OC3OC(CO)C(O)C(O)C3O)C(O)C2O)C(O)C1O)C(O)CCCCCCCCCCCCCCCCCCCCCCCCCCCCCC. The van der Waals surface area contributed by atoms with E-state index in [9.17, 15) is 61.0 Å². The molecule has 0 saturated carbocycles. The minimum atomic E-state index is -1.97. The summed E-state index contributed by atoms with van der Waals surface area (Å²) < 4.78 is 34.6. The second-order valence-electron chi connectivity index (χ2n) is 31.0. The molecule has 0 aliphatic carbocycles. The molecular formula is C83H159NO18. The zero-order valence-corrected chi connectivity index (χ0v) is 64.9. The van der Waals surface area contributed by atoms with Gasteiger partial charge in [-0.15, -0.1) is 0 Å². The molecule has 17 atom stereocenters. The number of hydrogen-bond donors (Lipinski definition) is 12. The van der Waals surface area contributed by atoms with E-state index in [0.29, 0.717) is 12.8 Å². The van der Waals surface area contributed by atoms with Gasteiger partial charge in [-0.3, -0.25) is 4.79 Å². The first-order valence-electron chi connectivity index (χ1n) is 42.9. The molecule has 19 nitrogen and oxygen atoms in total. The van der Waals surface area contributed by atoms with Gasteiger partial charge in [0.05, 0.1) is 38.6 Å². The number of aliphatic hydroxyl groups is 11.